The van der Waals surface area contributed by atoms with Crippen molar-refractivity contribution < 1.29 is 32.5 Å². The molecular weight excluding hydrogens is 787 g/mol. The molecule has 1 aliphatic carbocycles. The van der Waals surface area contributed by atoms with Crippen molar-refractivity contribution >= 4 is 89.8 Å². The Kier molecular flexibility index (Phi) is 11.2. The molecule has 298 valence electrons. The number of carbonyl (C=O) groups is 3. The number of nitrogens with zero attached hydrogens (tertiary/aromatic N) is 5. The quantitative estimate of drug-likeness (QED) is 0.0180. The predicted octanol–water partition coefficient (Wildman–Crippen LogP) is 9.23. The first-order valence-electron chi connectivity index (χ1n) is 17.9. The number of carbonyl (C=O) groups excluding carboxylic acids is 2. The molecule has 1 aliphatic rings. The first-order chi connectivity index (χ1) is 28.7. The number of benzene rings is 6. The second kappa shape index (κ2) is 16.8. The number of nitrogens with one attached hydrogen (secondary N) is 2. The number of nitrogen functional groups attached to an aromatic ring is 2. The van der Waals surface area contributed by atoms with E-state index in [1.54, 1.807) is 67.6 Å². The number of azo groups is 2. The van der Waals surface area contributed by atoms with Crippen molar-refractivity contribution in [2.24, 2.45) is 25.6 Å². The lowest BCUT2D eigenvalue weighted by molar-refractivity contribution is -0.134. The molecule has 7 rings (SSSR count). The highest BCUT2D eigenvalue weighted by Crippen LogP contribution is 2.41. The van der Waals surface area contributed by atoms with E-state index in [4.69, 9.17) is 16.6 Å². The van der Waals surface area contributed by atoms with Crippen LogP contribution in [0.3, 0.4) is 0 Å². The molecule has 1 amide bonds. The third-order valence-corrected chi connectivity index (χ3v) is 10.0. The molecular formula is C43H33N9O7S. The van der Waals surface area contributed by atoms with Gasteiger partial charge >= 0.3 is 5.97 Å². The molecule has 0 bridgehead atoms. The van der Waals surface area contributed by atoms with Crippen molar-refractivity contribution in [1.82, 2.24) is 0 Å². The summed E-state index contributed by atoms with van der Waals surface area (Å²) in [5, 5.41) is 34.7. The average molecular weight is 820 g/mol. The van der Waals surface area contributed by atoms with Crippen LogP contribution in [0.4, 0.5) is 45.5 Å². The van der Waals surface area contributed by atoms with Gasteiger partial charge in [0, 0.05) is 11.3 Å². The molecule has 0 saturated carbocycles. The van der Waals surface area contributed by atoms with Crippen molar-refractivity contribution in [1.29, 1.82) is 0 Å². The molecule has 6 aromatic rings. The number of hydrogen-bond acceptors (Lipinski definition) is 13. The van der Waals surface area contributed by atoms with Crippen LogP contribution >= 0.6 is 0 Å². The Balaban J connectivity index is 0.983. The van der Waals surface area contributed by atoms with Gasteiger partial charge in [-0.05, 0) is 131 Å². The Morgan fingerprint density at radius 2 is 1.28 bits per heavy atom. The maximum absolute atomic E-state index is 13.0. The summed E-state index contributed by atoms with van der Waals surface area (Å²) in [6, 6.07) is 32.0. The van der Waals surface area contributed by atoms with E-state index in [0.29, 0.717) is 61.7 Å². The molecule has 0 aromatic heterocycles. The third kappa shape index (κ3) is 9.18. The number of nitrogens with two attached hydrogens (primary N) is 2. The molecule has 0 atom stereocenters. The summed E-state index contributed by atoms with van der Waals surface area (Å²) in [7, 11) is -4.34. The zero-order valence-corrected chi connectivity index (χ0v) is 32.3. The minimum Gasteiger partial charge on any atom is -0.478 e. The van der Waals surface area contributed by atoms with Crippen LogP contribution in [0.15, 0.2) is 170 Å². The van der Waals surface area contributed by atoms with Crippen LogP contribution in [-0.2, 0) is 19.7 Å². The molecule has 0 spiro atoms. The smallest absolute Gasteiger partial charge is 0.339 e. The van der Waals surface area contributed by atoms with Crippen LogP contribution in [-0.4, -0.2) is 41.4 Å². The SMILES string of the molecule is Cc1cc(N=Nc2ccc(-c3ccc(N/N=C4\C=CC(=O)C(C(=O)O)=C4)cc3)cc2)c(N)c(N=Nc2ccc(C(=O)Nc3ccc4cc(S(=O)(=O)O)ccc4c3)cc2)c1N. The maximum Gasteiger partial charge on any atom is 0.339 e. The Bertz CT molecular complexity index is 2980. The molecule has 6 aromatic carbocycles. The number of allylic oxidation sites excluding steroid dienone is 3. The van der Waals surface area contributed by atoms with Crippen molar-refractivity contribution in [2.75, 3.05) is 22.2 Å². The van der Waals surface area contributed by atoms with E-state index in [1.165, 1.54) is 30.4 Å². The lowest BCUT2D eigenvalue weighted by atomic mass is 10.0. The highest BCUT2D eigenvalue weighted by Gasteiger charge is 2.19. The standard InChI is InChI=1S/C43H33N9O7S/c1-24-20-37(51-48-31-12-4-26(5-13-31)25-2-10-30(11-3-25)47-50-34-17-19-38(53)36(23-34)43(55)56)40(45)41(39(24)44)52-49-32-14-6-27(7-15-32)42(54)46-33-16-8-29-22-35(60(57,58)59)18-9-28(29)21-33/h2-23,47H,44-45H2,1H3,(H,46,54)(H,55,56)(H,57,58,59)/b50-34+,51-48?,52-49?. The van der Waals surface area contributed by atoms with E-state index < -0.39 is 21.9 Å². The van der Waals surface area contributed by atoms with Crippen molar-refractivity contribution in [3.63, 3.8) is 0 Å². The second-order valence-corrected chi connectivity index (χ2v) is 14.7. The van der Waals surface area contributed by atoms with E-state index in [9.17, 15) is 27.4 Å². The van der Waals surface area contributed by atoms with E-state index in [0.717, 1.165) is 17.2 Å². The number of hydrogen-bond donors (Lipinski definition) is 6. The van der Waals surface area contributed by atoms with Crippen LogP contribution in [0.2, 0.25) is 0 Å². The molecule has 0 fully saturated rings. The van der Waals surface area contributed by atoms with Crippen LogP contribution in [0.5, 0.6) is 0 Å². The summed E-state index contributed by atoms with van der Waals surface area (Å²) in [4.78, 5) is 35.7. The summed E-state index contributed by atoms with van der Waals surface area (Å²) in [5.41, 5.74) is 21.6. The molecule has 0 radical (unpaired) electrons. The number of anilines is 4. The predicted molar refractivity (Wildman–Crippen MR) is 229 cm³/mol. The van der Waals surface area contributed by atoms with Crippen molar-refractivity contribution in [2.45, 2.75) is 11.8 Å². The number of ketones is 1. The first kappa shape index (κ1) is 40.1. The summed E-state index contributed by atoms with van der Waals surface area (Å²) >= 11 is 0. The molecule has 0 saturated heterocycles. The van der Waals surface area contributed by atoms with Gasteiger partial charge in [-0.25, -0.2) is 4.79 Å². The summed E-state index contributed by atoms with van der Waals surface area (Å²) in [5.74, 6) is -2.28. The van der Waals surface area contributed by atoms with E-state index in [1.807, 2.05) is 36.4 Å². The zero-order chi connectivity index (χ0) is 42.6. The first-order valence-corrected chi connectivity index (χ1v) is 19.3. The fraction of sp³-hybridized carbons (Fsp3) is 0.0233. The molecule has 0 heterocycles. The van der Waals surface area contributed by atoms with Gasteiger partial charge in [-0.3, -0.25) is 19.6 Å². The lowest BCUT2D eigenvalue weighted by Gasteiger charge is -2.09. The number of hydrazone groups is 1. The lowest BCUT2D eigenvalue weighted by Crippen LogP contribution is -2.15. The number of amides is 1. The summed E-state index contributed by atoms with van der Waals surface area (Å²) < 4.78 is 32.2. The van der Waals surface area contributed by atoms with Gasteiger partial charge in [0.15, 0.2) is 5.78 Å². The fourth-order valence-electron chi connectivity index (χ4n) is 5.91. The Morgan fingerprint density at radius 3 is 1.95 bits per heavy atom. The molecule has 0 unspecified atom stereocenters. The second-order valence-electron chi connectivity index (χ2n) is 13.3. The number of aryl methyl sites for hydroxylation is 1. The van der Waals surface area contributed by atoms with Crippen LogP contribution in [0.25, 0.3) is 21.9 Å². The Morgan fingerprint density at radius 1 is 0.683 bits per heavy atom. The van der Waals surface area contributed by atoms with Crippen LogP contribution in [0.1, 0.15) is 15.9 Å². The minimum atomic E-state index is -4.34. The Labute approximate surface area is 342 Å². The number of fused-ring (bicyclic) bond motifs is 1. The number of carboxylic acid groups (broad SMARTS) is 1. The van der Waals surface area contributed by atoms with Gasteiger partial charge in [-0.1, -0.05) is 36.4 Å². The summed E-state index contributed by atoms with van der Waals surface area (Å²) in [6.45, 7) is 1.79. The van der Waals surface area contributed by atoms with Crippen molar-refractivity contribution in [3.05, 3.63) is 150 Å². The largest absolute Gasteiger partial charge is 0.478 e. The fourth-order valence-corrected chi connectivity index (χ4v) is 6.43. The van der Waals surface area contributed by atoms with Gasteiger partial charge in [-0.2, -0.15) is 23.7 Å². The molecule has 0 aliphatic heterocycles. The molecule has 17 heteroatoms. The average Bonchev–Trinajstić information content (AvgIpc) is 3.24. The number of aliphatic carboxylic acids is 1. The van der Waals surface area contributed by atoms with E-state index in [2.05, 4.69) is 36.3 Å². The van der Waals surface area contributed by atoms with Crippen molar-refractivity contribution in [3.8, 4) is 11.1 Å². The van der Waals surface area contributed by atoms with Gasteiger partial charge in [0.05, 0.1) is 39.0 Å². The topological polar surface area (TPSA) is 264 Å². The number of carboxylic acids is 1. The molecule has 16 nitrogen and oxygen atoms in total. The highest BCUT2D eigenvalue weighted by atomic mass is 32.2. The van der Waals surface area contributed by atoms with E-state index in [-0.39, 0.29) is 27.8 Å². The molecule has 60 heavy (non-hydrogen) atoms. The van der Waals surface area contributed by atoms with Gasteiger partial charge in [0.25, 0.3) is 16.0 Å². The number of rotatable bonds is 11. The zero-order valence-electron chi connectivity index (χ0n) is 31.4. The monoisotopic (exact) mass is 819 g/mol. The maximum atomic E-state index is 13.0. The molecule has 8 N–H and O–H groups in total. The van der Waals surface area contributed by atoms with Crippen LogP contribution in [0, 0.1) is 6.92 Å². The summed E-state index contributed by atoms with van der Waals surface area (Å²) in [6.07, 6.45) is 3.81. The Hall–Kier alpha value is -8.15. The van der Waals surface area contributed by atoms with Gasteiger partial charge in [0.2, 0.25) is 0 Å². The van der Waals surface area contributed by atoms with Crippen LogP contribution < -0.4 is 22.2 Å². The van der Waals surface area contributed by atoms with Gasteiger partial charge in [-0.15, -0.1) is 10.2 Å². The normalized spacial score (nSPS) is 13.6. The minimum absolute atomic E-state index is 0.174. The van der Waals surface area contributed by atoms with Gasteiger partial charge in [0.1, 0.15) is 16.9 Å². The third-order valence-electron chi connectivity index (χ3n) is 9.19. The van der Waals surface area contributed by atoms with E-state index >= 15 is 0 Å². The highest BCUT2D eigenvalue weighted by molar-refractivity contribution is 7.85. The van der Waals surface area contributed by atoms with Gasteiger partial charge < -0.3 is 21.9 Å².